The predicted octanol–water partition coefficient (Wildman–Crippen LogP) is 5.93. The lowest BCUT2D eigenvalue weighted by Gasteiger charge is -2.33. The van der Waals surface area contributed by atoms with Crippen LogP contribution in [-0.2, 0) is 22.6 Å². The molecule has 0 fully saturated rings. The molecule has 0 aliphatic carbocycles. The average molecular weight is 513 g/mol. The van der Waals surface area contributed by atoms with Crippen LogP contribution >= 0.6 is 23.2 Å². The Balaban J connectivity index is 1.92. The number of rotatable bonds is 9. The number of carbonyl (C=O) groups is 2. The summed E-state index contributed by atoms with van der Waals surface area (Å²) in [4.78, 5) is 28.6. The number of hydrogen-bond donors (Lipinski definition) is 1. The van der Waals surface area contributed by atoms with Crippen LogP contribution in [0.1, 0.15) is 31.9 Å². The van der Waals surface area contributed by atoms with Gasteiger partial charge in [-0.2, -0.15) is 0 Å². The lowest BCUT2D eigenvalue weighted by atomic mass is 10.0. The summed E-state index contributed by atoms with van der Waals surface area (Å²) in [5.41, 5.74) is 1.30. The number of hydrogen-bond acceptors (Lipinski definition) is 3. The molecule has 1 atom stereocenters. The van der Waals surface area contributed by atoms with Crippen LogP contribution in [0.2, 0.25) is 10.0 Å². The fourth-order valence-corrected chi connectivity index (χ4v) is 3.94. The Morgan fingerprint density at radius 3 is 2.17 bits per heavy atom. The van der Waals surface area contributed by atoms with Gasteiger partial charge in [-0.15, -0.1) is 0 Å². The maximum Gasteiger partial charge on any atom is 0.261 e. The first-order valence-corrected chi connectivity index (χ1v) is 12.1. The topological polar surface area (TPSA) is 58.6 Å². The molecule has 35 heavy (non-hydrogen) atoms. The maximum atomic E-state index is 13.5. The SMILES string of the molecule is CC(C)(C)NC(=O)[C@H](Cc1ccccc1)N(Cc1cccc(Cl)c1)C(=O)COc1ccc(Cl)cc1. The zero-order valence-corrected chi connectivity index (χ0v) is 21.6. The van der Waals surface area contributed by atoms with E-state index in [4.69, 9.17) is 27.9 Å². The molecule has 0 aromatic heterocycles. The van der Waals surface area contributed by atoms with Crippen molar-refractivity contribution in [2.45, 2.75) is 45.3 Å². The summed E-state index contributed by atoms with van der Waals surface area (Å²) in [6.07, 6.45) is 0.357. The van der Waals surface area contributed by atoms with Crippen molar-refractivity contribution in [3.8, 4) is 5.75 Å². The second-order valence-electron chi connectivity index (χ2n) is 9.34. The van der Waals surface area contributed by atoms with Crippen molar-refractivity contribution < 1.29 is 14.3 Å². The predicted molar refractivity (Wildman–Crippen MR) is 141 cm³/mol. The monoisotopic (exact) mass is 512 g/mol. The van der Waals surface area contributed by atoms with E-state index in [0.29, 0.717) is 22.2 Å². The molecule has 2 amide bonds. The van der Waals surface area contributed by atoms with Crippen molar-refractivity contribution in [2.24, 2.45) is 0 Å². The molecule has 0 saturated carbocycles. The number of nitrogens with zero attached hydrogens (tertiary/aromatic N) is 1. The van der Waals surface area contributed by atoms with Crippen molar-refractivity contribution in [1.29, 1.82) is 0 Å². The van der Waals surface area contributed by atoms with Gasteiger partial charge in [-0.1, -0.05) is 65.7 Å². The molecule has 0 heterocycles. The van der Waals surface area contributed by atoms with E-state index in [1.54, 1.807) is 41.3 Å². The quantitative estimate of drug-likeness (QED) is 0.386. The zero-order valence-electron chi connectivity index (χ0n) is 20.1. The van der Waals surface area contributed by atoms with Gasteiger partial charge in [0.05, 0.1) is 0 Å². The number of halogens is 2. The average Bonchev–Trinajstić information content (AvgIpc) is 2.80. The zero-order chi connectivity index (χ0) is 25.4. The molecule has 0 aliphatic rings. The van der Waals surface area contributed by atoms with E-state index in [0.717, 1.165) is 11.1 Å². The second-order valence-corrected chi connectivity index (χ2v) is 10.2. The smallest absolute Gasteiger partial charge is 0.261 e. The fourth-order valence-electron chi connectivity index (χ4n) is 3.60. The molecule has 3 aromatic rings. The summed E-state index contributed by atoms with van der Waals surface area (Å²) in [5, 5.41) is 4.18. The van der Waals surface area contributed by atoms with E-state index in [-0.39, 0.29) is 25.0 Å². The van der Waals surface area contributed by atoms with Gasteiger partial charge in [0.15, 0.2) is 6.61 Å². The Kier molecular flexibility index (Phi) is 9.19. The first kappa shape index (κ1) is 26.6. The number of amides is 2. The fraction of sp³-hybridized carbons (Fsp3) is 0.286. The van der Waals surface area contributed by atoms with Gasteiger partial charge in [-0.25, -0.2) is 0 Å². The van der Waals surface area contributed by atoms with E-state index in [9.17, 15) is 9.59 Å². The first-order chi connectivity index (χ1) is 16.6. The second kappa shape index (κ2) is 12.1. The molecule has 184 valence electrons. The maximum absolute atomic E-state index is 13.5. The normalized spacial score (nSPS) is 12.0. The minimum atomic E-state index is -0.753. The van der Waals surface area contributed by atoms with Gasteiger partial charge in [0, 0.05) is 28.5 Å². The highest BCUT2D eigenvalue weighted by Crippen LogP contribution is 2.20. The number of ether oxygens (including phenoxy) is 1. The summed E-state index contributed by atoms with van der Waals surface area (Å²) in [6, 6.07) is 23.0. The first-order valence-electron chi connectivity index (χ1n) is 11.4. The summed E-state index contributed by atoms with van der Waals surface area (Å²) in [6.45, 7) is 5.72. The van der Waals surface area contributed by atoms with Crippen molar-refractivity contribution >= 4 is 35.0 Å². The lowest BCUT2D eigenvalue weighted by molar-refractivity contribution is -0.143. The molecule has 5 nitrogen and oxygen atoms in total. The van der Waals surface area contributed by atoms with Crippen molar-refractivity contribution in [1.82, 2.24) is 10.2 Å². The summed E-state index contributed by atoms with van der Waals surface area (Å²) in [7, 11) is 0. The third-order valence-electron chi connectivity index (χ3n) is 5.19. The Morgan fingerprint density at radius 2 is 1.54 bits per heavy atom. The van der Waals surface area contributed by atoms with Crippen LogP contribution in [0, 0.1) is 0 Å². The number of carbonyl (C=O) groups excluding carboxylic acids is 2. The van der Waals surface area contributed by atoms with E-state index < -0.39 is 11.6 Å². The van der Waals surface area contributed by atoms with E-state index in [2.05, 4.69) is 5.32 Å². The van der Waals surface area contributed by atoms with E-state index in [1.807, 2.05) is 63.2 Å². The molecule has 0 spiro atoms. The summed E-state index contributed by atoms with van der Waals surface area (Å²) < 4.78 is 5.74. The number of benzene rings is 3. The van der Waals surface area contributed by atoms with Crippen molar-refractivity contribution in [3.05, 3.63) is 100 Å². The number of nitrogens with one attached hydrogen (secondary N) is 1. The van der Waals surface area contributed by atoms with E-state index in [1.165, 1.54) is 0 Å². The molecule has 0 radical (unpaired) electrons. The van der Waals surface area contributed by atoms with Gasteiger partial charge in [0.1, 0.15) is 11.8 Å². The highest BCUT2D eigenvalue weighted by Gasteiger charge is 2.32. The van der Waals surface area contributed by atoms with Gasteiger partial charge in [0.2, 0.25) is 5.91 Å². The molecule has 0 saturated heterocycles. The molecule has 3 aromatic carbocycles. The van der Waals surface area contributed by atoms with Crippen molar-refractivity contribution in [2.75, 3.05) is 6.61 Å². The molecular weight excluding hydrogens is 483 g/mol. The minimum Gasteiger partial charge on any atom is -0.484 e. The molecule has 3 rings (SSSR count). The summed E-state index contributed by atoms with van der Waals surface area (Å²) >= 11 is 12.2. The Hall–Kier alpha value is -3.02. The lowest BCUT2D eigenvalue weighted by Crippen LogP contribution is -2.55. The third-order valence-corrected chi connectivity index (χ3v) is 5.67. The van der Waals surface area contributed by atoms with Gasteiger partial charge < -0.3 is 15.0 Å². The van der Waals surface area contributed by atoms with Gasteiger partial charge in [0.25, 0.3) is 5.91 Å². The van der Waals surface area contributed by atoms with Gasteiger partial charge in [-0.3, -0.25) is 9.59 Å². The van der Waals surface area contributed by atoms with Gasteiger partial charge in [-0.05, 0) is 68.3 Å². The summed E-state index contributed by atoms with van der Waals surface area (Å²) in [5.74, 6) is -0.0302. The Morgan fingerprint density at radius 1 is 0.886 bits per heavy atom. The van der Waals surface area contributed by atoms with Crippen LogP contribution in [-0.4, -0.2) is 34.9 Å². The molecule has 0 bridgehead atoms. The highest BCUT2D eigenvalue weighted by atomic mass is 35.5. The van der Waals surface area contributed by atoms with Crippen LogP contribution in [0.3, 0.4) is 0 Å². The minimum absolute atomic E-state index is 0.207. The van der Waals surface area contributed by atoms with Crippen LogP contribution in [0.4, 0.5) is 0 Å². The largest absolute Gasteiger partial charge is 0.484 e. The van der Waals surface area contributed by atoms with Crippen LogP contribution < -0.4 is 10.1 Å². The van der Waals surface area contributed by atoms with Crippen LogP contribution in [0.5, 0.6) is 5.75 Å². The molecule has 7 heteroatoms. The van der Waals surface area contributed by atoms with Crippen LogP contribution in [0.15, 0.2) is 78.9 Å². The standard InChI is InChI=1S/C28H30Cl2N2O3/c1-28(2,3)31-27(34)25(17-20-8-5-4-6-9-20)32(18-21-10-7-11-23(30)16-21)26(33)19-35-24-14-12-22(29)13-15-24/h4-16,25H,17-19H2,1-3H3,(H,31,34)/t25-/m0/s1. The third kappa shape index (κ3) is 8.61. The highest BCUT2D eigenvalue weighted by molar-refractivity contribution is 6.30. The molecule has 1 N–H and O–H groups in total. The van der Waals surface area contributed by atoms with Crippen LogP contribution in [0.25, 0.3) is 0 Å². The molecular formula is C28H30Cl2N2O3. The molecule has 0 unspecified atom stereocenters. The Labute approximate surface area is 217 Å². The van der Waals surface area contributed by atoms with E-state index >= 15 is 0 Å². The molecule has 0 aliphatic heterocycles. The Bertz CT molecular complexity index is 1130. The van der Waals surface area contributed by atoms with Crippen molar-refractivity contribution in [3.63, 3.8) is 0 Å². The van der Waals surface area contributed by atoms with Gasteiger partial charge >= 0.3 is 0 Å².